The zero-order chi connectivity index (χ0) is 7.33. The van der Waals surface area contributed by atoms with Crippen molar-refractivity contribution in [1.82, 2.24) is 0 Å². The third-order valence-corrected chi connectivity index (χ3v) is 0.966. The van der Waals surface area contributed by atoms with Crippen molar-refractivity contribution in [3.63, 3.8) is 0 Å². The fraction of sp³-hybridized carbons (Fsp3) is 0.167. The highest BCUT2D eigenvalue weighted by atomic mass is 16.2. The molecule has 0 rings (SSSR count). The van der Waals surface area contributed by atoms with Crippen LogP contribution in [-0.2, 0) is 14.4 Å². The summed E-state index contributed by atoms with van der Waals surface area (Å²) in [4.78, 5) is 30.0. The van der Waals surface area contributed by atoms with Crippen LogP contribution in [0.1, 0.15) is 0 Å². The van der Waals surface area contributed by atoms with E-state index in [4.69, 9.17) is 0 Å². The van der Waals surface area contributed by atoms with E-state index >= 15 is 0 Å². The molecule has 0 aromatic rings. The first kappa shape index (κ1) is 7.75. The summed E-state index contributed by atoms with van der Waals surface area (Å²) in [6, 6.07) is 0. The zero-order valence-corrected chi connectivity index (χ0v) is 4.74. The van der Waals surface area contributed by atoms with Crippen molar-refractivity contribution in [3.05, 3.63) is 12.7 Å². The van der Waals surface area contributed by atoms with Gasteiger partial charge in [-0.2, -0.15) is 0 Å². The molecule has 0 radical (unpaired) electrons. The van der Waals surface area contributed by atoms with Gasteiger partial charge in [0.1, 0.15) is 18.9 Å². The maximum absolute atomic E-state index is 9.99. The molecule has 0 aliphatic rings. The van der Waals surface area contributed by atoms with Crippen LogP contribution in [-0.4, -0.2) is 18.9 Å². The van der Waals surface area contributed by atoms with Crippen LogP contribution in [0.2, 0.25) is 0 Å². The Morgan fingerprint density at radius 1 is 1.00 bits per heavy atom. The first-order chi connectivity index (χ1) is 4.24. The Bertz CT molecular complexity index is 111. The standard InChI is InChI=1S/C6H6O3/c1-2-6(3-7,4-8)5-9/h2-5H,1H2. The second kappa shape index (κ2) is 2.91. The fourth-order valence-corrected chi connectivity index (χ4v) is 0.228. The molecule has 0 saturated heterocycles. The summed E-state index contributed by atoms with van der Waals surface area (Å²) in [5.41, 5.74) is -1.61. The highest BCUT2D eigenvalue weighted by molar-refractivity contribution is 6.04. The fourth-order valence-electron chi connectivity index (χ4n) is 0.228. The van der Waals surface area contributed by atoms with Crippen LogP contribution in [0, 0.1) is 5.41 Å². The molecule has 0 heterocycles. The molecule has 0 aromatic heterocycles. The van der Waals surface area contributed by atoms with Gasteiger partial charge in [-0.3, -0.25) is 0 Å². The Balaban J connectivity index is 4.53. The van der Waals surface area contributed by atoms with Crippen molar-refractivity contribution in [1.29, 1.82) is 0 Å². The van der Waals surface area contributed by atoms with E-state index in [0.717, 1.165) is 6.08 Å². The molecular formula is C6H6O3. The Labute approximate surface area is 52.4 Å². The number of allylic oxidation sites excluding steroid dienone is 1. The van der Waals surface area contributed by atoms with Crippen molar-refractivity contribution in [3.8, 4) is 0 Å². The molecule has 48 valence electrons. The van der Waals surface area contributed by atoms with E-state index in [1.54, 1.807) is 0 Å². The Kier molecular flexibility index (Phi) is 2.51. The number of hydrogen-bond donors (Lipinski definition) is 0. The first-order valence-electron chi connectivity index (χ1n) is 2.27. The van der Waals surface area contributed by atoms with Crippen LogP contribution >= 0.6 is 0 Å². The maximum atomic E-state index is 9.99. The number of hydrogen-bond acceptors (Lipinski definition) is 3. The van der Waals surface area contributed by atoms with Crippen molar-refractivity contribution in [2.24, 2.45) is 5.41 Å². The van der Waals surface area contributed by atoms with E-state index in [1.165, 1.54) is 0 Å². The molecule has 0 spiro atoms. The molecule has 3 nitrogen and oxygen atoms in total. The number of carbonyl (C=O) groups excluding carboxylic acids is 3. The van der Waals surface area contributed by atoms with Crippen LogP contribution in [0.5, 0.6) is 0 Å². The molecule has 0 aliphatic heterocycles. The van der Waals surface area contributed by atoms with Crippen molar-refractivity contribution in [2.75, 3.05) is 0 Å². The van der Waals surface area contributed by atoms with Gasteiger partial charge in [-0.25, -0.2) is 0 Å². The third kappa shape index (κ3) is 1.32. The van der Waals surface area contributed by atoms with Gasteiger partial charge in [0.25, 0.3) is 0 Å². The lowest BCUT2D eigenvalue weighted by Gasteiger charge is -2.03. The van der Waals surface area contributed by atoms with E-state index in [2.05, 4.69) is 6.58 Å². The summed E-state index contributed by atoms with van der Waals surface area (Å²) in [6.07, 6.45) is 1.75. The summed E-state index contributed by atoms with van der Waals surface area (Å²) < 4.78 is 0. The molecule has 0 amide bonds. The lowest BCUT2D eigenvalue weighted by atomic mass is 9.95. The van der Waals surface area contributed by atoms with Crippen LogP contribution < -0.4 is 0 Å². The summed E-state index contributed by atoms with van der Waals surface area (Å²) >= 11 is 0. The van der Waals surface area contributed by atoms with Gasteiger partial charge in [0.15, 0.2) is 5.41 Å². The third-order valence-electron chi connectivity index (χ3n) is 0.966. The highest BCUT2D eigenvalue weighted by Crippen LogP contribution is 2.05. The average Bonchev–Trinajstić information content (AvgIpc) is 1.95. The largest absolute Gasteiger partial charge is 0.301 e. The van der Waals surface area contributed by atoms with Gasteiger partial charge in [0.2, 0.25) is 0 Å². The predicted molar refractivity (Wildman–Crippen MR) is 30.8 cm³/mol. The lowest BCUT2D eigenvalue weighted by molar-refractivity contribution is -0.129. The normalized spacial score (nSPS) is 9.78. The summed E-state index contributed by atoms with van der Waals surface area (Å²) in [7, 11) is 0. The molecule has 0 N–H and O–H groups in total. The molecule has 9 heavy (non-hydrogen) atoms. The number of rotatable bonds is 4. The first-order valence-corrected chi connectivity index (χ1v) is 2.27. The van der Waals surface area contributed by atoms with Crippen LogP contribution in [0.4, 0.5) is 0 Å². The molecule has 0 aliphatic carbocycles. The number of carbonyl (C=O) groups is 3. The average molecular weight is 126 g/mol. The van der Waals surface area contributed by atoms with Crippen molar-refractivity contribution in [2.45, 2.75) is 0 Å². The van der Waals surface area contributed by atoms with Crippen LogP contribution in [0.25, 0.3) is 0 Å². The van der Waals surface area contributed by atoms with Crippen molar-refractivity contribution < 1.29 is 14.4 Å². The molecule has 0 saturated carbocycles. The van der Waals surface area contributed by atoms with E-state index in [1.807, 2.05) is 0 Å². The smallest absolute Gasteiger partial charge is 0.154 e. The molecule has 0 unspecified atom stereocenters. The summed E-state index contributed by atoms with van der Waals surface area (Å²) in [5, 5.41) is 0. The van der Waals surface area contributed by atoms with Crippen LogP contribution in [0.15, 0.2) is 12.7 Å². The minimum atomic E-state index is -1.61. The molecule has 3 heteroatoms. The number of aldehydes is 3. The Morgan fingerprint density at radius 2 is 1.33 bits per heavy atom. The maximum Gasteiger partial charge on any atom is 0.154 e. The monoisotopic (exact) mass is 126 g/mol. The van der Waals surface area contributed by atoms with Gasteiger partial charge < -0.3 is 14.4 Å². The highest BCUT2D eigenvalue weighted by Gasteiger charge is 2.23. The lowest BCUT2D eigenvalue weighted by Crippen LogP contribution is -2.22. The second-order valence-electron chi connectivity index (χ2n) is 1.56. The minimum Gasteiger partial charge on any atom is -0.301 e. The van der Waals surface area contributed by atoms with Gasteiger partial charge in [-0.15, -0.1) is 6.58 Å². The second-order valence-corrected chi connectivity index (χ2v) is 1.56. The quantitative estimate of drug-likeness (QED) is 0.296. The molecule has 0 aromatic carbocycles. The van der Waals surface area contributed by atoms with Crippen molar-refractivity contribution >= 4 is 18.9 Å². The molecule has 0 fully saturated rings. The SMILES string of the molecule is C=CC(C=O)(C=O)C=O. The van der Waals surface area contributed by atoms with Gasteiger partial charge in [0.05, 0.1) is 0 Å². The van der Waals surface area contributed by atoms with Crippen LogP contribution in [0.3, 0.4) is 0 Å². The van der Waals surface area contributed by atoms with E-state index in [-0.39, 0.29) is 18.9 Å². The summed E-state index contributed by atoms with van der Waals surface area (Å²) in [6.45, 7) is 3.15. The topological polar surface area (TPSA) is 51.2 Å². The Morgan fingerprint density at radius 3 is 1.33 bits per heavy atom. The molecular weight excluding hydrogens is 120 g/mol. The van der Waals surface area contributed by atoms with Gasteiger partial charge in [-0.05, 0) is 0 Å². The van der Waals surface area contributed by atoms with E-state index < -0.39 is 5.41 Å². The predicted octanol–water partition coefficient (Wildman–Crippen LogP) is -0.245. The molecule has 0 bridgehead atoms. The summed E-state index contributed by atoms with van der Waals surface area (Å²) in [5.74, 6) is 0. The minimum absolute atomic E-state index is 0.250. The Hall–Kier alpha value is -1.25. The van der Waals surface area contributed by atoms with Gasteiger partial charge in [-0.1, -0.05) is 6.08 Å². The molecule has 0 atom stereocenters. The van der Waals surface area contributed by atoms with Gasteiger partial charge in [0, 0.05) is 0 Å². The van der Waals surface area contributed by atoms with E-state index in [9.17, 15) is 14.4 Å². The van der Waals surface area contributed by atoms with Gasteiger partial charge >= 0.3 is 0 Å². The zero-order valence-electron chi connectivity index (χ0n) is 4.74. The van der Waals surface area contributed by atoms with E-state index in [0.29, 0.717) is 0 Å².